The first-order valence-electron chi connectivity index (χ1n) is 7.63. The number of aromatic nitrogens is 2. The SMILES string of the molecule is Brc1cncc(-c2nc3c(s2)CCCC3CNC2CC2)c1. The van der Waals surface area contributed by atoms with Crippen molar-refractivity contribution in [1.29, 1.82) is 0 Å². The van der Waals surface area contributed by atoms with Crippen LogP contribution in [0.15, 0.2) is 22.9 Å². The molecule has 2 aliphatic rings. The van der Waals surface area contributed by atoms with Crippen LogP contribution in [0.4, 0.5) is 0 Å². The summed E-state index contributed by atoms with van der Waals surface area (Å²) in [4.78, 5) is 10.7. The van der Waals surface area contributed by atoms with Gasteiger partial charge in [0.15, 0.2) is 0 Å². The Kier molecular flexibility index (Phi) is 3.81. The van der Waals surface area contributed by atoms with Crippen molar-refractivity contribution in [1.82, 2.24) is 15.3 Å². The predicted molar refractivity (Wildman–Crippen MR) is 89.7 cm³/mol. The van der Waals surface area contributed by atoms with E-state index in [0.717, 1.165) is 27.6 Å². The highest BCUT2D eigenvalue weighted by atomic mass is 79.9. The van der Waals surface area contributed by atoms with Crippen LogP contribution in [-0.2, 0) is 6.42 Å². The fraction of sp³-hybridized carbons (Fsp3) is 0.500. The van der Waals surface area contributed by atoms with Crippen molar-refractivity contribution in [2.75, 3.05) is 6.54 Å². The average molecular weight is 364 g/mol. The second kappa shape index (κ2) is 5.78. The standard InChI is InChI=1S/C16H18BrN3S/c17-12-6-11(7-18-9-12)16-20-15-10(8-19-13-4-5-13)2-1-3-14(15)21-16/h6-7,9-10,13,19H,1-5,8H2. The van der Waals surface area contributed by atoms with Gasteiger partial charge in [0.05, 0.1) is 5.69 Å². The van der Waals surface area contributed by atoms with Gasteiger partial charge in [-0.05, 0) is 54.1 Å². The Hall–Kier alpha value is -0.780. The topological polar surface area (TPSA) is 37.8 Å². The Labute approximate surface area is 137 Å². The lowest BCUT2D eigenvalue weighted by atomic mass is 9.91. The van der Waals surface area contributed by atoms with Gasteiger partial charge in [0, 0.05) is 45.8 Å². The third-order valence-corrected chi connectivity index (χ3v) is 5.87. The first kappa shape index (κ1) is 13.9. The summed E-state index contributed by atoms with van der Waals surface area (Å²) in [5.74, 6) is 0.597. The highest BCUT2D eigenvalue weighted by molar-refractivity contribution is 9.10. The molecule has 2 aromatic rings. The minimum atomic E-state index is 0.597. The Morgan fingerprint density at radius 2 is 2.19 bits per heavy atom. The number of thiazole rings is 1. The maximum atomic E-state index is 4.96. The minimum absolute atomic E-state index is 0.597. The monoisotopic (exact) mass is 363 g/mol. The fourth-order valence-corrected chi connectivity index (χ4v) is 4.49. The molecule has 0 saturated heterocycles. The predicted octanol–water partition coefficient (Wildman–Crippen LogP) is 4.14. The van der Waals surface area contributed by atoms with Crippen molar-refractivity contribution < 1.29 is 0 Å². The normalized spacial score (nSPS) is 21.3. The summed E-state index contributed by atoms with van der Waals surface area (Å²) in [5, 5.41) is 4.79. The van der Waals surface area contributed by atoms with E-state index in [9.17, 15) is 0 Å². The number of nitrogens with zero attached hydrogens (tertiary/aromatic N) is 2. The highest BCUT2D eigenvalue weighted by Gasteiger charge is 2.27. The number of nitrogens with one attached hydrogen (secondary N) is 1. The molecule has 5 heteroatoms. The molecule has 0 spiro atoms. The van der Waals surface area contributed by atoms with Crippen molar-refractivity contribution in [3.8, 4) is 10.6 Å². The molecule has 3 nitrogen and oxygen atoms in total. The molecule has 0 aliphatic heterocycles. The van der Waals surface area contributed by atoms with E-state index in [4.69, 9.17) is 4.98 Å². The minimum Gasteiger partial charge on any atom is -0.313 e. The van der Waals surface area contributed by atoms with E-state index >= 15 is 0 Å². The van der Waals surface area contributed by atoms with Gasteiger partial charge < -0.3 is 5.32 Å². The van der Waals surface area contributed by atoms with Gasteiger partial charge in [-0.25, -0.2) is 4.98 Å². The Bertz CT molecular complexity index is 651. The van der Waals surface area contributed by atoms with E-state index in [2.05, 4.69) is 32.3 Å². The summed E-state index contributed by atoms with van der Waals surface area (Å²) in [7, 11) is 0. The molecular weight excluding hydrogens is 346 g/mol. The smallest absolute Gasteiger partial charge is 0.125 e. The molecule has 1 unspecified atom stereocenters. The maximum Gasteiger partial charge on any atom is 0.125 e. The zero-order chi connectivity index (χ0) is 14.2. The van der Waals surface area contributed by atoms with Crippen molar-refractivity contribution in [3.05, 3.63) is 33.5 Å². The first-order chi connectivity index (χ1) is 10.3. The van der Waals surface area contributed by atoms with Crippen molar-refractivity contribution in [3.63, 3.8) is 0 Å². The fourth-order valence-electron chi connectivity index (χ4n) is 2.95. The Morgan fingerprint density at radius 3 is 3.00 bits per heavy atom. The van der Waals surface area contributed by atoms with Crippen LogP contribution in [0.25, 0.3) is 10.6 Å². The van der Waals surface area contributed by atoms with E-state index in [1.807, 2.05) is 23.7 Å². The molecule has 2 heterocycles. The second-order valence-corrected chi connectivity index (χ2v) is 7.99. The summed E-state index contributed by atoms with van der Waals surface area (Å²) < 4.78 is 1.01. The second-order valence-electron chi connectivity index (χ2n) is 5.99. The Morgan fingerprint density at radius 1 is 1.29 bits per heavy atom. The van der Waals surface area contributed by atoms with Gasteiger partial charge in [0.25, 0.3) is 0 Å². The zero-order valence-corrected chi connectivity index (χ0v) is 14.2. The van der Waals surface area contributed by atoms with Crippen molar-refractivity contribution in [2.45, 2.75) is 44.1 Å². The molecule has 2 aromatic heterocycles. The molecule has 1 saturated carbocycles. The van der Waals surface area contributed by atoms with Crippen LogP contribution >= 0.6 is 27.3 Å². The molecule has 2 aliphatic carbocycles. The summed E-state index contributed by atoms with van der Waals surface area (Å²) >= 11 is 5.35. The molecule has 110 valence electrons. The van der Waals surface area contributed by atoms with E-state index in [-0.39, 0.29) is 0 Å². The van der Waals surface area contributed by atoms with Crippen LogP contribution < -0.4 is 5.32 Å². The van der Waals surface area contributed by atoms with E-state index in [1.165, 1.54) is 42.7 Å². The first-order valence-corrected chi connectivity index (χ1v) is 9.24. The molecule has 0 radical (unpaired) electrons. The van der Waals surface area contributed by atoms with Gasteiger partial charge in [0.2, 0.25) is 0 Å². The van der Waals surface area contributed by atoms with Gasteiger partial charge >= 0.3 is 0 Å². The molecule has 21 heavy (non-hydrogen) atoms. The highest BCUT2D eigenvalue weighted by Crippen LogP contribution is 2.38. The zero-order valence-electron chi connectivity index (χ0n) is 11.8. The lowest BCUT2D eigenvalue weighted by Crippen LogP contribution is -2.25. The van der Waals surface area contributed by atoms with Crippen LogP contribution in [0.2, 0.25) is 0 Å². The lowest BCUT2D eigenvalue weighted by Gasteiger charge is -2.21. The van der Waals surface area contributed by atoms with Crippen molar-refractivity contribution in [2.24, 2.45) is 0 Å². The van der Waals surface area contributed by atoms with E-state index < -0.39 is 0 Å². The van der Waals surface area contributed by atoms with Gasteiger partial charge in [-0.3, -0.25) is 4.98 Å². The lowest BCUT2D eigenvalue weighted by molar-refractivity contribution is 0.500. The summed E-state index contributed by atoms with van der Waals surface area (Å²) in [5.41, 5.74) is 2.46. The van der Waals surface area contributed by atoms with Crippen molar-refractivity contribution >= 4 is 27.3 Å². The van der Waals surface area contributed by atoms with Crippen LogP contribution in [0.5, 0.6) is 0 Å². The molecule has 0 aromatic carbocycles. The third kappa shape index (κ3) is 3.05. The molecule has 0 bridgehead atoms. The molecule has 1 fully saturated rings. The Balaban J connectivity index is 1.60. The molecule has 4 rings (SSSR count). The number of aryl methyl sites for hydroxylation is 1. The number of hydrogen-bond donors (Lipinski definition) is 1. The van der Waals surface area contributed by atoms with E-state index in [0.29, 0.717) is 5.92 Å². The molecule has 0 amide bonds. The largest absolute Gasteiger partial charge is 0.313 e. The van der Waals surface area contributed by atoms with Gasteiger partial charge in [-0.15, -0.1) is 11.3 Å². The quantitative estimate of drug-likeness (QED) is 0.886. The summed E-state index contributed by atoms with van der Waals surface area (Å²) in [6, 6.07) is 2.89. The van der Waals surface area contributed by atoms with Crippen LogP contribution in [0.3, 0.4) is 0 Å². The number of pyridine rings is 1. The number of halogens is 1. The molecule has 1 N–H and O–H groups in total. The number of rotatable bonds is 4. The van der Waals surface area contributed by atoms with Crippen LogP contribution in [0, 0.1) is 0 Å². The summed E-state index contributed by atoms with van der Waals surface area (Å²) in [6.07, 6.45) is 10.2. The molecular formula is C16H18BrN3S. The third-order valence-electron chi connectivity index (χ3n) is 4.25. The van der Waals surface area contributed by atoms with Gasteiger partial charge in [-0.1, -0.05) is 0 Å². The van der Waals surface area contributed by atoms with Crippen LogP contribution in [0.1, 0.15) is 42.2 Å². The average Bonchev–Trinajstić information content (AvgIpc) is 3.21. The van der Waals surface area contributed by atoms with Crippen LogP contribution in [-0.4, -0.2) is 22.6 Å². The van der Waals surface area contributed by atoms with Gasteiger partial charge in [0.1, 0.15) is 5.01 Å². The maximum absolute atomic E-state index is 4.96. The van der Waals surface area contributed by atoms with Gasteiger partial charge in [-0.2, -0.15) is 0 Å². The number of hydrogen-bond acceptors (Lipinski definition) is 4. The molecule has 1 atom stereocenters. The summed E-state index contributed by atoms with van der Waals surface area (Å²) in [6.45, 7) is 1.09. The van der Waals surface area contributed by atoms with E-state index in [1.54, 1.807) is 0 Å². The number of fused-ring (bicyclic) bond motifs is 1.